The third-order valence-corrected chi connectivity index (χ3v) is 8.88. The topological polar surface area (TPSA) is 135 Å². The Balaban J connectivity index is 1.67. The number of fused-ring (bicyclic) bond motifs is 1. The van der Waals surface area contributed by atoms with Crippen LogP contribution >= 0.6 is 0 Å². The van der Waals surface area contributed by atoms with Crippen molar-refractivity contribution >= 4 is 23.7 Å². The number of likely N-dealkylation sites (tertiary alicyclic amines) is 1. The molecule has 7 atom stereocenters. The maximum atomic E-state index is 14.2. The number of rotatable bonds is 16. The van der Waals surface area contributed by atoms with Gasteiger partial charge in [0, 0.05) is 32.7 Å². The van der Waals surface area contributed by atoms with Crippen molar-refractivity contribution in [2.24, 2.45) is 11.8 Å². The molecule has 240 valence electrons. The van der Waals surface area contributed by atoms with E-state index in [1.807, 2.05) is 32.0 Å². The third kappa shape index (κ3) is 6.31. The first-order valence-corrected chi connectivity index (χ1v) is 15.3. The molecule has 1 aromatic rings. The van der Waals surface area contributed by atoms with Crippen molar-refractivity contribution in [2.45, 2.75) is 75.5 Å². The van der Waals surface area contributed by atoms with Crippen LogP contribution < -0.4 is 5.32 Å². The summed E-state index contributed by atoms with van der Waals surface area (Å²) in [5, 5.41) is 12.8. The predicted octanol–water partition coefficient (Wildman–Crippen LogP) is 2.16. The number of hydrogen-bond acceptors (Lipinski definition) is 8. The zero-order valence-corrected chi connectivity index (χ0v) is 25.9. The van der Waals surface area contributed by atoms with Gasteiger partial charge in [-0.3, -0.25) is 19.2 Å². The van der Waals surface area contributed by atoms with Crippen LogP contribution in [-0.2, 0) is 33.4 Å². The third-order valence-electron chi connectivity index (χ3n) is 8.88. The summed E-state index contributed by atoms with van der Waals surface area (Å²) >= 11 is 0. The highest BCUT2D eigenvalue weighted by atomic mass is 16.6. The minimum atomic E-state index is -1.22. The Labute approximate surface area is 259 Å². The van der Waals surface area contributed by atoms with E-state index in [4.69, 9.17) is 14.2 Å². The summed E-state index contributed by atoms with van der Waals surface area (Å²) in [6, 6.07) is 7.17. The second-order valence-electron chi connectivity index (χ2n) is 11.9. The lowest BCUT2D eigenvalue weighted by molar-refractivity contribution is -0.163. The molecule has 11 heteroatoms. The first kappa shape index (κ1) is 33.4. The van der Waals surface area contributed by atoms with Gasteiger partial charge in [0.2, 0.25) is 17.7 Å². The normalized spacial score (nSPS) is 26.7. The molecule has 0 unspecified atom stereocenters. The number of β-amino-alcohol motifs (C(OH)–C–C–N with tert-alkyl or cyclic N) is 1. The summed E-state index contributed by atoms with van der Waals surface area (Å²) in [6.45, 7) is 11.1. The Morgan fingerprint density at radius 3 is 2.57 bits per heavy atom. The summed E-state index contributed by atoms with van der Waals surface area (Å²) in [7, 11) is 1.50. The maximum Gasteiger partial charge on any atom is 0.313 e. The first-order valence-electron chi connectivity index (χ1n) is 15.3. The first-order chi connectivity index (χ1) is 21.1. The van der Waals surface area contributed by atoms with E-state index in [1.54, 1.807) is 29.2 Å². The number of aliphatic hydroxyl groups excluding tert-OH is 1. The summed E-state index contributed by atoms with van der Waals surface area (Å²) < 4.78 is 18.1. The highest BCUT2D eigenvalue weighted by Crippen LogP contribution is 2.59. The van der Waals surface area contributed by atoms with Gasteiger partial charge in [-0.15, -0.1) is 13.2 Å². The molecule has 1 aromatic carbocycles. The summed E-state index contributed by atoms with van der Waals surface area (Å²) in [6.07, 6.45) is 3.34. The number of methoxy groups -OCH3 is 1. The Morgan fingerprint density at radius 1 is 1.23 bits per heavy atom. The van der Waals surface area contributed by atoms with Crippen LogP contribution in [0.25, 0.3) is 0 Å². The molecule has 0 aromatic heterocycles. The van der Waals surface area contributed by atoms with E-state index in [-0.39, 0.29) is 50.6 Å². The molecule has 3 saturated heterocycles. The molecule has 0 aliphatic carbocycles. The Bertz CT molecular complexity index is 1220. The molecule has 1 spiro atoms. The van der Waals surface area contributed by atoms with Gasteiger partial charge in [0.15, 0.2) is 0 Å². The van der Waals surface area contributed by atoms with E-state index in [1.165, 1.54) is 12.0 Å². The molecule has 2 N–H and O–H groups in total. The average Bonchev–Trinajstić information content (AvgIpc) is 3.65. The number of nitrogens with zero attached hydrogens (tertiary/aromatic N) is 2. The number of aliphatic hydroxyl groups is 1. The van der Waals surface area contributed by atoms with Gasteiger partial charge >= 0.3 is 5.97 Å². The van der Waals surface area contributed by atoms with Crippen LogP contribution in [0.5, 0.6) is 0 Å². The monoisotopic (exact) mass is 611 g/mol. The Morgan fingerprint density at radius 2 is 1.95 bits per heavy atom. The number of allylic oxidation sites excluding steroid dienone is 1. The fourth-order valence-corrected chi connectivity index (χ4v) is 7.03. The molecule has 3 amide bonds. The number of carbonyl (C=O) groups excluding carboxylic acids is 4. The van der Waals surface area contributed by atoms with Crippen LogP contribution in [0, 0.1) is 11.8 Å². The number of nitrogens with one attached hydrogen (secondary N) is 1. The molecule has 3 heterocycles. The average molecular weight is 612 g/mol. The summed E-state index contributed by atoms with van der Waals surface area (Å²) in [4.78, 5) is 58.0. The number of amides is 3. The zero-order valence-electron chi connectivity index (χ0n) is 25.9. The van der Waals surface area contributed by atoms with Crippen molar-refractivity contribution in [3.63, 3.8) is 0 Å². The van der Waals surface area contributed by atoms with Gasteiger partial charge < -0.3 is 34.4 Å². The molecule has 3 aliphatic rings. The number of carbonyl (C=O) groups is 4. The maximum absolute atomic E-state index is 14.2. The molecule has 3 fully saturated rings. The lowest BCUT2D eigenvalue weighted by Gasteiger charge is -2.38. The quantitative estimate of drug-likeness (QED) is 0.215. The van der Waals surface area contributed by atoms with Crippen molar-refractivity contribution in [3.05, 3.63) is 61.2 Å². The minimum Gasteiger partial charge on any atom is -0.455 e. The predicted molar refractivity (Wildman–Crippen MR) is 162 cm³/mol. The molecule has 44 heavy (non-hydrogen) atoms. The smallest absolute Gasteiger partial charge is 0.313 e. The number of hydrogen-bond donors (Lipinski definition) is 2. The summed E-state index contributed by atoms with van der Waals surface area (Å²) in [5.74, 6) is -3.52. The van der Waals surface area contributed by atoms with Gasteiger partial charge in [-0.1, -0.05) is 42.5 Å². The fraction of sp³-hybridized carbons (Fsp3) is 0.576. The van der Waals surface area contributed by atoms with E-state index >= 15 is 0 Å². The van der Waals surface area contributed by atoms with E-state index in [0.717, 1.165) is 0 Å². The SMILES string of the molecule is C=CCCC(=O)N[C@H](COC)[C@H](OC(=O)[C@@H]1[C@@H]2CC[C@]3(O2)[C@H](C(=O)N(CC=C)C(C)C)N(CCO)C(=O)[C@@H]13)c1ccccc1. The molecule has 4 rings (SSSR count). The fourth-order valence-electron chi connectivity index (χ4n) is 7.03. The van der Waals surface area contributed by atoms with E-state index in [9.17, 15) is 24.3 Å². The lowest BCUT2D eigenvalue weighted by Crippen LogP contribution is -2.57. The largest absolute Gasteiger partial charge is 0.455 e. The van der Waals surface area contributed by atoms with Gasteiger partial charge in [-0.2, -0.15) is 0 Å². The second kappa shape index (κ2) is 14.5. The molecule has 0 saturated carbocycles. The van der Waals surface area contributed by atoms with Crippen LogP contribution in [-0.4, -0.2) is 102 Å². The van der Waals surface area contributed by atoms with Crippen molar-refractivity contribution in [1.29, 1.82) is 0 Å². The van der Waals surface area contributed by atoms with Crippen LogP contribution in [0.4, 0.5) is 0 Å². The number of esters is 1. The van der Waals surface area contributed by atoms with Crippen LogP contribution in [0.3, 0.4) is 0 Å². The van der Waals surface area contributed by atoms with Crippen LogP contribution in [0.2, 0.25) is 0 Å². The van der Waals surface area contributed by atoms with Crippen molar-refractivity contribution in [3.8, 4) is 0 Å². The van der Waals surface area contributed by atoms with Crippen molar-refractivity contribution in [2.75, 3.05) is 33.4 Å². The number of benzene rings is 1. The van der Waals surface area contributed by atoms with Crippen LogP contribution in [0.1, 0.15) is 51.2 Å². The van der Waals surface area contributed by atoms with Gasteiger partial charge in [0.25, 0.3) is 0 Å². The van der Waals surface area contributed by atoms with E-state index in [2.05, 4.69) is 18.5 Å². The molecular formula is C33H45N3O8. The highest BCUT2D eigenvalue weighted by molar-refractivity contribution is 5.98. The number of ether oxygens (including phenoxy) is 3. The van der Waals surface area contributed by atoms with Gasteiger partial charge in [0.05, 0.1) is 37.2 Å². The van der Waals surface area contributed by atoms with Gasteiger partial charge in [-0.25, -0.2) is 0 Å². The standard InChI is InChI=1S/C33H45N3O8/c1-6-8-14-25(38)34-23(20-42-5)28(22-12-10-9-11-13-22)43-32(41)26-24-15-16-33(44-24)27(26)30(39)36(18-19-37)29(33)31(40)35(17-7-2)21(3)4/h6-7,9-13,21,23-24,26-29,37H,1-2,8,14-20H2,3-5H3,(H,34,38)/t23-,24+,26-,27-,28-,29+,33-/m1/s1. The second-order valence-corrected chi connectivity index (χ2v) is 11.9. The molecule has 3 aliphatic heterocycles. The van der Waals surface area contributed by atoms with E-state index in [0.29, 0.717) is 24.8 Å². The van der Waals surface area contributed by atoms with Gasteiger partial charge in [0.1, 0.15) is 17.7 Å². The highest BCUT2D eigenvalue weighted by Gasteiger charge is 2.75. The molecular weight excluding hydrogens is 566 g/mol. The van der Waals surface area contributed by atoms with Gasteiger partial charge in [-0.05, 0) is 38.7 Å². The zero-order chi connectivity index (χ0) is 32.0. The van der Waals surface area contributed by atoms with Crippen molar-refractivity contribution in [1.82, 2.24) is 15.1 Å². The van der Waals surface area contributed by atoms with Crippen molar-refractivity contribution < 1.29 is 38.5 Å². The van der Waals surface area contributed by atoms with E-state index < -0.39 is 53.6 Å². The minimum absolute atomic E-state index is 0.0669. The summed E-state index contributed by atoms with van der Waals surface area (Å²) in [5.41, 5.74) is -0.575. The Kier molecular flexibility index (Phi) is 11.0. The van der Waals surface area contributed by atoms with Crippen LogP contribution in [0.15, 0.2) is 55.6 Å². The molecule has 2 bridgehead atoms. The molecule has 11 nitrogen and oxygen atoms in total. The lowest BCUT2D eigenvalue weighted by atomic mass is 9.70. The molecule has 0 radical (unpaired) electrons. The Hall–Kier alpha value is -3.54.